The van der Waals surface area contributed by atoms with Crippen LogP contribution in [0.5, 0.6) is 21.6 Å². The topological polar surface area (TPSA) is 149 Å². The highest BCUT2D eigenvalue weighted by atomic mass is 32.1. The highest BCUT2D eigenvalue weighted by Crippen LogP contribution is 2.30. The third kappa shape index (κ3) is 10.4. The van der Waals surface area contributed by atoms with Crippen molar-refractivity contribution in [2.24, 2.45) is 0 Å². The average Bonchev–Trinajstić information content (AvgIpc) is 3.59. The van der Waals surface area contributed by atoms with Crippen LogP contribution in [0, 0.1) is 13.8 Å². The molecular weight excluding hydrogens is 677 g/mol. The number of phenolic OH excluding ortho intramolecular Hbond substituents is 1. The van der Waals surface area contributed by atoms with E-state index in [4.69, 9.17) is 4.74 Å². The van der Waals surface area contributed by atoms with Crippen LogP contribution in [0.4, 0.5) is 11.4 Å². The Bertz CT molecular complexity index is 1600. The normalized spacial score (nSPS) is 16.9. The second-order valence-corrected chi connectivity index (χ2v) is 14.8. The van der Waals surface area contributed by atoms with Crippen molar-refractivity contribution in [3.05, 3.63) is 69.9 Å². The Morgan fingerprint density at radius 2 is 1.10 bits per heavy atom. The van der Waals surface area contributed by atoms with Crippen LogP contribution in [-0.2, 0) is 12.8 Å². The standard InChI is InChI=1S/C19H27N3O3S.C17H23N3O3S/c1-3-25-17-7-5-4-6-16(17)22-10-8-21(9-11-22)13-15(23)12-18-20-14(2)19(24)26-18;1-12-17(23)24-16(18-12)10-13(21)11-19-6-8-20(9-7-19)14-4-2-3-5-15(14)22/h4-7,15,23-24H,3,8-13H2,1-2H3;2-5,13,21-23H,6-11H2,1H3. The van der Waals surface area contributed by atoms with Gasteiger partial charge in [-0.25, -0.2) is 9.97 Å². The summed E-state index contributed by atoms with van der Waals surface area (Å²) < 4.78 is 5.74. The fourth-order valence-corrected chi connectivity index (χ4v) is 8.01. The molecule has 0 spiro atoms. The third-order valence-electron chi connectivity index (χ3n) is 8.86. The van der Waals surface area contributed by atoms with Crippen LogP contribution in [0.1, 0.15) is 28.3 Å². The summed E-state index contributed by atoms with van der Waals surface area (Å²) in [5.41, 5.74) is 3.27. The number of piperazine rings is 2. The molecule has 2 aromatic heterocycles. The van der Waals surface area contributed by atoms with Crippen LogP contribution in [0.25, 0.3) is 0 Å². The van der Waals surface area contributed by atoms with Crippen LogP contribution >= 0.6 is 22.7 Å². The minimum absolute atomic E-state index is 0.230. The highest BCUT2D eigenvalue weighted by Gasteiger charge is 2.23. The predicted molar refractivity (Wildman–Crippen MR) is 199 cm³/mol. The van der Waals surface area contributed by atoms with E-state index >= 15 is 0 Å². The molecule has 0 bridgehead atoms. The number of aliphatic hydroxyl groups excluding tert-OH is 2. The first-order chi connectivity index (χ1) is 24.1. The molecule has 2 saturated heterocycles. The fraction of sp³-hybridized carbons (Fsp3) is 0.500. The van der Waals surface area contributed by atoms with E-state index in [0.29, 0.717) is 49.7 Å². The van der Waals surface area contributed by atoms with E-state index in [0.717, 1.165) is 79.5 Å². The van der Waals surface area contributed by atoms with Gasteiger partial charge >= 0.3 is 0 Å². The molecule has 6 rings (SSSR count). The molecule has 2 aromatic carbocycles. The van der Waals surface area contributed by atoms with E-state index in [1.54, 1.807) is 19.9 Å². The van der Waals surface area contributed by atoms with Crippen molar-refractivity contribution in [2.45, 2.75) is 45.8 Å². The number of benzene rings is 2. The Labute approximate surface area is 302 Å². The maximum Gasteiger partial charge on any atom is 0.194 e. The van der Waals surface area contributed by atoms with Crippen molar-refractivity contribution in [3.8, 4) is 21.6 Å². The quantitative estimate of drug-likeness (QED) is 0.144. The van der Waals surface area contributed by atoms with Crippen LogP contribution in [0.2, 0.25) is 0 Å². The SMILES string of the molecule is CCOc1ccccc1N1CCN(CC(O)Cc2nc(C)c(O)s2)CC1.Cc1nc(CC(O)CN2CCN(c3ccccc3O)CC2)sc1O. The number of aryl methyl sites for hydroxylation is 2. The molecule has 14 heteroatoms. The maximum atomic E-state index is 10.4. The largest absolute Gasteiger partial charge is 0.506 e. The zero-order valence-electron chi connectivity index (χ0n) is 29.1. The molecule has 2 unspecified atom stereocenters. The van der Waals surface area contributed by atoms with Crippen LogP contribution in [0.3, 0.4) is 0 Å². The van der Waals surface area contributed by atoms with Gasteiger partial charge in [0, 0.05) is 78.3 Å². The molecule has 4 aromatic rings. The second kappa shape index (κ2) is 18.0. The summed E-state index contributed by atoms with van der Waals surface area (Å²) in [4.78, 5) is 17.6. The van der Waals surface area contributed by atoms with E-state index in [9.17, 15) is 25.5 Å². The zero-order chi connectivity index (χ0) is 35.6. The first-order valence-corrected chi connectivity index (χ1v) is 18.8. The number of ether oxygens (including phenoxy) is 1. The molecule has 50 heavy (non-hydrogen) atoms. The number of anilines is 2. The average molecular weight is 727 g/mol. The molecule has 272 valence electrons. The summed E-state index contributed by atoms with van der Waals surface area (Å²) >= 11 is 2.49. The van der Waals surface area contributed by atoms with Gasteiger partial charge in [-0.3, -0.25) is 9.80 Å². The lowest BCUT2D eigenvalue weighted by Gasteiger charge is -2.37. The smallest absolute Gasteiger partial charge is 0.194 e. The Hall–Kier alpha value is -3.66. The molecule has 2 atom stereocenters. The van der Waals surface area contributed by atoms with E-state index in [1.165, 1.54) is 22.7 Å². The number of thiazole rings is 2. The molecule has 0 amide bonds. The summed E-state index contributed by atoms with van der Waals surface area (Å²) in [5, 5.41) is 51.8. The van der Waals surface area contributed by atoms with Gasteiger partial charge < -0.3 is 40.1 Å². The van der Waals surface area contributed by atoms with Crippen molar-refractivity contribution in [3.63, 3.8) is 0 Å². The van der Waals surface area contributed by atoms with Gasteiger partial charge in [0.05, 0.1) is 51.6 Å². The van der Waals surface area contributed by atoms with Gasteiger partial charge in [0.1, 0.15) is 11.5 Å². The first kappa shape index (κ1) is 37.6. The van der Waals surface area contributed by atoms with Crippen LogP contribution in [-0.4, -0.2) is 130 Å². The fourth-order valence-electron chi connectivity index (χ4n) is 6.26. The number of rotatable bonds is 12. The molecule has 2 aliphatic heterocycles. The summed E-state index contributed by atoms with van der Waals surface area (Å²) in [6.07, 6.45) is -0.0144. The van der Waals surface area contributed by atoms with E-state index in [-0.39, 0.29) is 10.1 Å². The Balaban J connectivity index is 0.000000195. The molecule has 0 saturated carbocycles. The Morgan fingerprint density at radius 3 is 1.54 bits per heavy atom. The molecule has 2 aliphatic rings. The minimum atomic E-state index is -0.494. The number of hydrogen-bond donors (Lipinski definition) is 5. The number of β-amino-alcohol motifs (C(OH)–C–C–N with tert-alkyl or cyclic N) is 2. The van der Waals surface area contributed by atoms with Crippen molar-refractivity contribution in [1.29, 1.82) is 0 Å². The van der Waals surface area contributed by atoms with Gasteiger partial charge in [-0.05, 0) is 45.0 Å². The summed E-state index contributed by atoms with van der Waals surface area (Å²) in [5.74, 6) is 1.24. The number of nitrogens with zero attached hydrogens (tertiary/aromatic N) is 6. The Kier molecular flexibility index (Phi) is 13.5. The number of hydrogen-bond acceptors (Lipinski definition) is 14. The number of aliphatic hydroxyl groups is 2. The van der Waals surface area contributed by atoms with Gasteiger partial charge in [0.15, 0.2) is 10.1 Å². The monoisotopic (exact) mass is 726 g/mol. The predicted octanol–water partition coefficient (Wildman–Crippen LogP) is 3.87. The number of aromatic hydroxyl groups is 3. The summed E-state index contributed by atoms with van der Waals surface area (Å²) in [6, 6.07) is 15.5. The number of phenols is 1. The molecule has 4 heterocycles. The minimum Gasteiger partial charge on any atom is -0.506 e. The molecule has 0 radical (unpaired) electrons. The van der Waals surface area contributed by atoms with Crippen LogP contribution in [0.15, 0.2) is 48.5 Å². The number of para-hydroxylation sites is 4. The molecule has 2 fully saturated rings. The van der Waals surface area contributed by atoms with Crippen molar-refractivity contribution in [1.82, 2.24) is 19.8 Å². The van der Waals surface area contributed by atoms with Gasteiger partial charge in [-0.2, -0.15) is 0 Å². The van der Waals surface area contributed by atoms with Crippen molar-refractivity contribution >= 4 is 34.0 Å². The molecule has 0 aliphatic carbocycles. The van der Waals surface area contributed by atoms with Crippen LogP contribution < -0.4 is 14.5 Å². The zero-order valence-corrected chi connectivity index (χ0v) is 30.7. The molecule has 5 N–H and O–H groups in total. The Morgan fingerprint density at radius 1 is 0.660 bits per heavy atom. The van der Waals surface area contributed by atoms with Gasteiger partial charge in [-0.15, -0.1) is 0 Å². The van der Waals surface area contributed by atoms with Gasteiger partial charge in [0.2, 0.25) is 0 Å². The lowest BCUT2D eigenvalue weighted by molar-refractivity contribution is 0.109. The van der Waals surface area contributed by atoms with E-state index in [1.807, 2.05) is 43.3 Å². The molecular formula is C36H50N6O6S2. The van der Waals surface area contributed by atoms with Gasteiger partial charge in [0.25, 0.3) is 0 Å². The third-order valence-corrected chi connectivity index (χ3v) is 10.8. The van der Waals surface area contributed by atoms with Crippen molar-refractivity contribution in [2.75, 3.05) is 81.9 Å². The maximum absolute atomic E-state index is 10.4. The first-order valence-electron chi connectivity index (χ1n) is 17.2. The van der Waals surface area contributed by atoms with E-state index in [2.05, 4.69) is 35.6 Å². The molecule has 12 nitrogen and oxygen atoms in total. The lowest BCUT2D eigenvalue weighted by atomic mass is 10.2. The highest BCUT2D eigenvalue weighted by molar-refractivity contribution is 7.13. The van der Waals surface area contributed by atoms with E-state index < -0.39 is 12.2 Å². The lowest BCUT2D eigenvalue weighted by Crippen LogP contribution is -2.49. The summed E-state index contributed by atoms with van der Waals surface area (Å²) in [6.45, 7) is 14.4. The van der Waals surface area contributed by atoms with Crippen molar-refractivity contribution < 1.29 is 30.3 Å². The second-order valence-electron chi connectivity index (χ2n) is 12.7. The van der Waals surface area contributed by atoms with Gasteiger partial charge in [-0.1, -0.05) is 46.9 Å². The number of aromatic nitrogens is 2. The summed E-state index contributed by atoms with van der Waals surface area (Å²) in [7, 11) is 0.